The molecule has 7 nitrogen and oxygen atoms in total. The van der Waals surface area contributed by atoms with E-state index in [1.807, 2.05) is 13.8 Å². The average Bonchev–Trinajstić information content (AvgIpc) is 2.90. The lowest BCUT2D eigenvalue weighted by Gasteiger charge is -2.04. The largest absolute Gasteiger partial charge is 0.395 e. The molecule has 19 heavy (non-hydrogen) atoms. The number of aryl methyl sites for hydroxylation is 3. The first-order valence-corrected chi connectivity index (χ1v) is 6.04. The molecule has 3 N–H and O–H groups in total. The van der Waals surface area contributed by atoms with Crippen LogP contribution in [0.25, 0.3) is 0 Å². The van der Waals surface area contributed by atoms with Gasteiger partial charge in [-0.2, -0.15) is 5.10 Å². The van der Waals surface area contributed by atoms with Crippen molar-refractivity contribution in [3.05, 3.63) is 28.9 Å². The van der Waals surface area contributed by atoms with Crippen molar-refractivity contribution in [2.24, 2.45) is 7.05 Å². The molecule has 0 aromatic carbocycles. The van der Waals surface area contributed by atoms with E-state index >= 15 is 0 Å². The Labute approximate surface area is 110 Å². The number of nitrogens with one attached hydrogen (secondary N) is 1. The van der Waals surface area contributed by atoms with Crippen molar-refractivity contribution in [1.29, 1.82) is 0 Å². The summed E-state index contributed by atoms with van der Waals surface area (Å²) in [6.45, 7) is 4.03. The van der Waals surface area contributed by atoms with E-state index in [9.17, 15) is 4.79 Å². The van der Waals surface area contributed by atoms with Crippen LogP contribution < -0.4 is 11.1 Å². The molecule has 0 aliphatic rings. The highest BCUT2D eigenvalue weighted by atomic mass is 16.5. The molecular weight excluding hydrogens is 246 g/mol. The summed E-state index contributed by atoms with van der Waals surface area (Å²) in [5, 5.41) is 10.7. The fourth-order valence-corrected chi connectivity index (χ4v) is 1.88. The second-order valence-corrected chi connectivity index (χ2v) is 4.30. The SMILES string of the molecule is CCc1nn(C)c(C(=O)NCc2cc(C)no2)c1N. The third-order valence-electron chi connectivity index (χ3n) is 2.81. The molecule has 0 unspecified atom stereocenters. The summed E-state index contributed by atoms with van der Waals surface area (Å²) in [6, 6.07) is 1.77. The quantitative estimate of drug-likeness (QED) is 0.849. The van der Waals surface area contributed by atoms with E-state index < -0.39 is 0 Å². The molecule has 2 aromatic heterocycles. The lowest BCUT2D eigenvalue weighted by molar-refractivity contribution is 0.0938. The third-order valence-corrected chi connectivity index (χ3v) is 2.81. The number of rotatable bonds is 4. The molecule has 2 heterocycles. The molecule has 2 rings (SSSR count). The van der Waals surface area contributed by atoms with Gasteiger partial charge in [0.2, 0.25) is 0 Å². The standard InChI is InChI=1S/C12H17N5O2/c1-4-9-10(13)11(17(3)15-9)12(18)14-6-8-5-7(2)16-19-8/h5H,4,6,13H2,1-3H3,(H,14,18). The average molecular weight is 263 g/mol. The Morgan fingerprint density at radius 1 is 1.58 bits per heavy atom. The number of amides is 1. The molecule has 0 aliphatic carbocycles. The van der Waals surface area contributed by atoms with Gasteiger partial charge < -0.3 is 15.6 Å². The molecule has 0 saturated heterocycles. The summed E-state index contributed by atoms with van der Waals surface area (Å²) in [6.07, 6.45) is 0.689. The minimum Gasteiger partial charge on any atom is -0.395 e. The summed E-state index contributed by atoms with van der Waals surface area (Å²) in [5.41, 5.74) is 8.21. The van der Waals surface area contributed by atoms with Crippen molar-refractivity contribution in [2.45, 2.75) is 26.8 Å². The van der Waals surface area contributed by atoms with Gasteiger partial charge in [-0.05, 0) is 13.3 Å². The van der Waals surface area contributed by atoms with Gasteiger partial charge in [0.15, 0.2) is 5.76 Å². The number of carbonyl (C=O) groups excluding carboxylic acids is 1. The maximum absolute atomic E-state index is 12.1. The molecule has 0 atom stereocenters. The van der Waals surface area contributed by atoms with Gasteiger partial charge in [0.25, 0.3) is 5.91 Å². The van der Waals surface area contributed by atoms with Crippen LogP contribution in [-0.2, 0) is 20.0 Å². The van der Waals surface area contributed by atoms with Crippen molar-refractivity contribution in [3.63, 3.8) is 0 Å². The predicted octanol–water partition coefficient (Wildman–Crippen LogP) is 0.791. The predicted molar refractivity (Wildman–Crippen MR) is 69.4 cm³/mol. The Hall–Kier alpha value is -2.31. The van der Waals surface area contributed by atoms with Crippen LogP contribution in [0.3, 0.4) is 0 Å². The smallest absolute Gasteiger partial charge is 0.272 e. The topological polar surface area (TPSA) is 99.0 Å². The second-order valence-electron chi connectivity index (χ2n) is 4.30. The second kappa shape index (κ2) is 5.13. The molecule has 1 amide bonds. The molecule has 0 fully saturated rings. The molecule has 0 saturated carbocycles. The van der Waals surface area contributed by atoms with Crippen LogP contribution in [0.4, 0.5) is 5.69 Å². The van der Waals surface area contributed by atoms with Gasteiger partial charge in [0.05, 0.1) is 23.6 Å². The molecule has 102 valence electrons. The minimum absolute atomic E-state index is 0.270. The van der Waals surface area contributed by atoms with E-state index in [4.69, 9.17) is 10.3 Å². The Balaban J connectivity index is 2.10. The monoisotopic (exact) mass is 263 g/mol. The molecule has 0 bridgehead atoms. The van der Waals surface area contributed by atoms with Crippen molar-refractivity contribution >= 4 is 11.6 Å². The van der Waals surface area contributed by atoms with E-state index in [1.54, 1.807) is 13.1 Å². The Morgan fingerprint density at radius 3 is 2.84 bits per heavy atom. The molecule has 0 aliphatic heterocycles. The number of nitrogens with two attached hydrogens (primary N) is 1. The highest BCUT2D eigenvalue weighted by Crippen LogP contribution is 2.16. The summed E-state index contributed by atoms with van der Waals surface area (Å²) in [7, 11) is 1.70. The first kappa shape index (κ1) is 13.1. The zero-order valence-electron chi connectivity index (χ0n) is 11.2. The number of anilines is 1. The van der Waals surface area contributed by atoms with Gasteiger partial charge in [-0.15, -0.1) is 0 Å². The van der Waals surface area contributed by atoms with Gasteiger partial charge in [-0.25, -0.2) is 0 Å². The van der Waals surface area contributed by atoms with Gasteiger partial charge in [-0.1, -0.05) is 12.1 Å². The highest BCUT2D eigenvalue weighted by Gasteiger charge is 2.19. The number of aromatic nitrogens is 3. The van der Waals surface area contributed by atoms with E-state index in [1.165, 1.54) is 4.68 Å². The van der Waals surface area contributed by atoms with E-state index in [-0.39, 0.29) is 12.5 Å². The van der Waals surface area contributed by atoms with Crippen molar-refractivity contribution in [1.82, 2.24) is 20.3 Å². The molecule has 0 spiro atoms. The fraction of sp³-hybridized carbons (Fsp3) is 0.417. The molecule has 2 aromatic rings. The van der Waals surface area contributed by atoms with Crippen molar-refractivity contribution < 1.29 is 9.32 Å². The number of carbonyl (C=O) groups is 1. The Kier molecular flexibility index (Phi) is 3.55. The molecule has 0 radical (unpaired) electrons. The Morgan fingerprint density at radius 2 is 2.32 bits per heavy atom. The molecular formula is C12H17N5O2. The van der Waals surface area contributed by atoms with E-state index in [2.05, 4.69) is 15.6 Å². The summed E-state index contributed by atoms with van der Waals surface area (Å²) in [4.78, 5) is 12.1. The fourth-order valence-electron chi connectivity index (χ4n) is 1.88. The minimum atomic E-state index is -0.277. The van der Waals surface area contributed by atoms with Crippen molar-refractivity contribution in [3.8, 4) is 0 Å². The van der Waals surface area contributed by atoms with Crippen LogP contribution in [0.5, 0.6) is 0 Å². The van der Waals surface area contributed by atoms with Crippen LogP contribution in [-0.4, -0.2) is 20.8 Å². The number of nitrogen functional groups attached to an aromatic ring is 1. The summed E-state index contributed by atoms with van der Waals surface area (Å²) < 4.78 is 6.51. The maximum Gasteiger partial charge on any atom is 0.272 e. The number of hydrogen-bond acceptors (Lipinski definition) is 5. The summed E-state index contributed by atoms with van der Waals surface area (Å²) >= 11 is 0. The van der Waals surface area contributed by atoms with Crippen molar-refractivity contribution in [2.75, 3.05) is 5.73 Å². The Bertz CT molecular complexity index is 599. The zero-order valence-corrected chi connectivity index (χ0v) is 11.2. The zero-order chi connectivity index (χ0) is 14.0. The lowest BCUT2D eigenvalue weighted by Crippen LogP contribution is -2.25. The first-order valence-electron chi connectivity index (χ1n) is 6.04. The van der Waals surface area contributed by atoms with Gasteiger partial charge in [0.1, 0.15) is 5.69 Å². The third kappa shape index (κ3) is 2.59. The van der Waals surface area contributed by atoms with Crippen LogP contribution in [0.15, 0.2) is 10.6 Å². The number of nitrogens with zero attached hydrogens (tertiary/aromatic N) is 3. The normalized spacial score (nSPS) is 10.7. The molecule has 7 heteroatoms. The highest BCUT2D eigenvalue weighted by molar-refractivity contribution is 5.97. The van der Waals surface area contributed by atoms with Gasteiger partial charge in [-0.3, -0.25) is 9.48 Å². The summed E-state index contributed by atoms with van der Waals surface area (Å²) in [5.74, 6) is 0.323. The van der Waals surface area contributed by atoms with Gasteiger partial charge in [0, 0.05) is 13.1 Å². The van der Waals surface area contributed by atoms with Gasteiger partial charge >= 0.3 is 0 Å². The van der Waals surface area contributed by atoms with Crippen LogP contribution >= 0.6 is 0 Å². The van der Waals surface area contributed by atoms with Crippen LogP contribution in [0, 0.1) is 6.92 Å². The van der Waals surface area contributed by atoms with E-state index in [0.717, 1.165) is 11.4 Å². The number of hydrogen-bond donors (Lipinski definition) is 2. The maximum atomic E-state index is 12.1. The van der Waals surface area contributed by atoms with Crippen LogP contribution in [0.1, 0.15) is 34.6 Å². The van der Waals surface area contributed by atoms with E-state index in [0.29, 0.717) is 23.6 Å². The lowest BCUT2D eigenvalue weighted by atomic mass is 10.2. The van der Waals surface area contributed by atoms with Crippen LogP contribution in [0.2, 0.25) is 0 Å². The first-order chi connectivity index (χ1) is 9.02.